The van der Waals surface area contributed by atoms with E-state index in [9.17, 15) is 8.42 Å². The van der Waals surface area contributed by atoms with E-state index in [1.807, 2.05) is 18.2 Å². The molecule has 1 aromatic heterocycles. The van der Waals surface area contributed by atoms with Gasteiger partial charge in [-0.2, -0.15) is 0 Å². The molecule has 0 atom stereocenters. The average Bonchev–Trinajstić information content (AvgIpc) is 3.40. The Kier molecular flexibility index (Phi) is 9.51. The van der Waals surface area contributed by atoms with E-state index in [-0.39, 0.29) is 17.1 Å². The minimum Gasteiger partial charge on any atom is -0.493 e. The van der Waals surface area contributed by atoms with E-state index in [0.717, 1.165) is 27.5 Å². The number of rotatable bonds is 10. The molecule has 218 valence electrons. The molecule has 0 aliphatic carbocycles. The van der Waals surface area contributed by atoms with Crippen LogP contribution in [0.2, 0.25) is 0 Å². The summed E-state index contributed by atoms with van der Waals surface area (Å²) in [6.07, 6.45) is 1.91. The van der Waals surface area contributed by atoms with Gasteiger partial charge in [-0.1, -0.05) is 59.7 Å². The third kappa shape index (κ3) is 6.33. The van der Waals surface area contributed by atoms with Gasteiger partial charge in [0, 0.05) is 24.9 Å². The van der Waals surface area contributed by atoms with Crippen molar-refractivity contribution in [3.63, 3.8) is 0 Å². The summed E-state index contributed by atoms with van der Waals surface area (Å²) >= 11 is 1.62. The van der Waals surface area contributed by atoms with E-state index < -0.39 is 9.84 Å². The summed E-state index contributed by atoms with van der Waals surface area (Å²) in [4.78, 5) is 7.73. The highest BCUT2D eigenvalue weighted by molar-refractivity contribution is 7.92. The molecule has 1 saturated heterocycles. The van der Waals surface area contributed by atoms with Gasteiger partial charge >= 0.3 is 0 Å². The van der Waals surface area contributed by atoms with Gasteiger partial charge in [-0.05, 0) is 65.0 Å². The number of piperidine rings is 1. The zero-order valence-corrected chi connectivity index (χ0v) is 26.8. The van der Waals surface area contributed by atoms with Gasteiger partial charge in [-0.15, -0.1) is 11.3 Å². The highest BCUT2D eigenvalue weighted by Gasteiger charge is 2.36. The maximum Gasteiger partial charge on any atom is 0.185 e. The van der Waals surface area contributed by atoms with Gasteiger partial charge in [0.2, 0.25) is 0 Å². The molecule has 0 saturated carbocycles. The summed E-state index contributed by atoms with van der Waals surface area (Å²) < 4.78 is 39.2. The van der Waals surface area contributed by atoms with Gasteiger partial charge in [0.1, 0.15) is 0 Å². The molecule has 3 aromatic rings. The fourth-order valence-electron chi connectivity index (χ4n) is 5.46. The standard InChI is InChI=1S/C32H44N2O4S2/c1-20(2)24-17-27(21(3)4)31(28(18-24)22(5)6)40(35,36)26-11-13-34(14-12-26)32-33-25(19-39-32)15-23-9-10-29(37-7)30(16-23)38-8/h9-10,16-22,26H,11-15H2,1-8H3. The van der Waals surface area contributed by atoms with Crippen molar-refractivity contribution >= 4 is 26.3 Å². The van der Waals surface area contributed by atoms with E-state index in [4.69, 9.17) is 14.5 Å². The molecule has 2 aromatic carbocycles. The predicted octanol–water partition coefficient (Wildman–Crippen LogP) is 7.56. The summed E-state index contributed by atoms with van der Waals surface area (Å²) in [7, 11) is -0.203. The topological polar surface area (TPSA) is 68.7 Å². The fraction of sp³-hybridized carbons (Fsp3) is 0.531. The van der Waals surface area contributed by atoms with Gasteiger partial charge in [-0.3, -0.25) is 0 Å². The minimum absolute atomic E-state index is 0.139. The monoisotopic (exact) mass is 584 g/mol. The molecule has 1 aliphatic heterocycles. The van der Waals surface area contributed by atoms with E-state index in [1.54, 1.807) is 25.6 Å². The Morgan fingerprint density at radius 3 is 2.02 bits per heavy atom. The fourth-order valence-corrected chi connectivity index (χ4v) is 8.75. The number of sulfone groups is 1. The van der Waals surface area contributed by atoms with Crippen LogP contribution in [0.25, 0.3) is 0 Å². The number of thiazole rings is 1. The van der Waals surface area contributed by atoms with Crippen molar-refractivity contribution in [3.05, 3.63) is 63.7 Å². The van der Waals surface area contributed by atoms with Crippen LogP contribution in [0.1, 0.15) is 100 Å². The Bertz CT molecular complexity index is 1390. The number of ether oxygens (including phenoxy) is 2. The first-order valence-corrected chi connectivity index (χ1v) is 16.7. The van der Waals surface area contributed by atoms with Crippen LogP contribution in [-0.4, -0.2) is 46.0 Å². The summed E-state index contributed by atoms with van der Waals surface area (Å²) in [5.41, 5.74) is 5.25. The van der Waals surface area contributed by atoms with Crippen LogP contribution < -0.4 is 14.4 Å². The van der Waals surface area contributed by atoms with Crippen molar-refractivity contribution in [1.82, 2.24) is 4.98 Å². The number of hydrogen-bond acceptors (Lipinski definition) is 7. The van der Waals surface area contributed by atoms with E-state index in [2.05, 4.69) is 64.0 Å². The lowest BCUT2D eigenvalue weighted by Gasteiger charge is -2.33. The Morgan fingerprint density at radius 1 is 0.900 bits per heavy atom. The van der Waals surface area contributed by atoms with Gasteiger partial charge in [0.25, 0.3) is 0 Å². The first-order chi connectivity index (χ1) is 19.0. The van der Waals surface area contributed by atoms with Crippen LogP contribution in [0.3, 0.4) is 0 Å². The van der Waals surface area contributed by atoms with Gasteiger partial charge in [0.15, 0.2) is 26.5 Å². The smallest absolute Gasteiger partial charge is 0.185 e. The molecule has 1 fully saturated rings. The Balaban J connectivity index is 1.51. The zero-order chi connectivity index (χ0) is 29.2. The SMILES string of the molecule is COc1ccc(Cc2csc(N3CCC(S(=O)(=O)c4c(C(C)C)cc(C(C)C)cc4C(C)C)CC3)n2)cc1OC. The van der Waals surface area contributed by atoms with Crippen molar-refractivity contribution < 1.29 is 17.9 Å². The van der Waals surface area contributed by atoms with Crippen LogP contribution in [0, 0.1) is 0 Å². The summed E-state index contributed by atoms with van der Waals surface area (Å²) in [6.45, 7) is 14.1. The zero-order valence-electron chi connectivity index (χ0n) is 25.2. The highest BCUT2D eigenvalue weighted by Crippen LogP contribution is 2.39. The number of anilines is 1. The number of nitrogens with zero attached hydrogens (tertiary/aromatic N) is 2. The van der Waals surface area contributed by atoms with Crippen LogP contribution in [0.4, 0.5) is 5.13 Å². The lowest BCUT2D eigenvalue weighted by Crippen LogP contribution is -2.40. The molecular weight excluding hydrogens is 540 g/mol. The Labute approximate surface area is 244 Å². The van der Waals surface area contributed by atoms with Gasteiger partial charge in [-0.25, -0.2) is 13.4 Å². The molecule has 40 heavy (non-hydrogen) atoms. The lowest BCUT2D eigenvalue weighted by molar-refractivity contribution is 0.354. The van der Waals surface area contributed by atoms with Gasteiger partial charge in [0.05, 0.1) is 30.1 Å². The Hall–Kier alpha value is -2.58. The van der Waals surface area contributed by atoms with E-state index in [1.165, 1.54) is 5.56 Å². The molecule has 4 rings (SSSR count). The maximum absolute atomic E-state index is 14.2. The maximum atomic E-state index is 14.2. The second kappa shape index (κ2) is 12.5. The first kappa shape index (κ1) is 30.4. The normalized spacial score (nSPS) is 14.9. The number of methoxy groups -OCH3 is 2. The van der Waals surface area contributed by atoms with Crippen LogP contribution >= 0.6 is 11.3 Å². The first-order valence-electron chi connectivity index (χ1n) is 14.3. The quantitative estimate of drug-likeness (QED) is 0.245. The van der Waals surface area contributed by atoms with E-state index >= 15 is 0 Å². The van der Waals surface area contributed by atoms with Crippen molar-refractivity contribution in [2.45, 2.75) is 88.7 Å². The van der Waals surface area contributed by atoms with Crippen LogP contribution in [-0.2, 0) is 16.3 Å². The number of aromatic nitrogens is 1. The summed E-state index contributed by atoms with van der Waals surface area (Å²) in [6, 6.07) is 10.2. The van der Waals surface area contributed by atoms with Crippen molar-refractivity contribution in [2.75, 3.05) is 32.2 Å². The van der Waals surface area contributed by atoms with Crippen LogP contribution in [0.15, 0.2) is 40.6 Å². The molecule has 8 heteroatoms. The number of benzene rings is 2. The lowest BCUT2D eigenvalue weighted by atomic mass is 9.89. The molecular formula is C32H44N2O4S2. The third-order valence-electron chi connectivity index (χ3n) is 7.89. The third-order valence-corrected chi connectivity index (χ3v) is 11.2. The average molecular weight is 585 g/mol. The summed E-state index contributed by atoms with van der Waals surface area (Å²) in [5, 5.41) is 2.67. The molecule has 0 unspecified atom stereocenters. The molecule has 0 radical (unpaired) electrons. The van der Waals surface area contributed by atoms with Crippen molar-refractivity contribution in [3.8, 4) is 11.5 Å². The highest BCUT2D eigenvalue weighted by atomic mass is 32.2. The number of hydrogen-bond donors (Lipinski definition) is 0. The van der Waals surface area contributed by atoms with Crippen LogP contribution in [0.5, 0.6) is 11.5 Å². The van der Waals surface area contributed by atoms with Gasteiger partial charge < -0.3 is 14.4 Å². The largest absolute Gasteiger partial charge is 0.493 e. The molecule has 6 nitrogen and oxygen atoms in total. The Morgan fingerprint density at radius 2 is 1.50 bits per heavy atom. The molecule has 1 aliphatic rings. The summed E-state index contributed by atoms with van der Waals surface area (Å²) in [5.74, 6) is 2.05. The predicted molar refractivity (Wildman–Crippen MR) is 166 cm³/mol. The second-order valence-corrected chi connectivity index (χ2v) is 14.7. The molecule has 0 amide bonds. The van der Waals surface area contributed by atoms with Crippen molar-refractivity contribution in [1.29, 1.82) is 0 Å². The second-order valence-electron chi connectivity index (χ2n) is 11.7. The van der Waals surface area contributed by atoms with E-state index in [0.29, 0.717) is 54.7 Å². The molecule has 2 heterocycles. The van der Waals surface area contributed by atoms with Crippen molar-refractivity contribution in [2.24, 2.45) is 0 Å². The molecule has 0 N–H and O–H groups in total. The molecule has 0 spiro atoms. The molecule has 0 bridgehead atoms. The minimum atomic E-state index is -3.48.